The number of halogens is 3. The molecule has 1 aliphatic rings. The molecule has 0 bridgehead atoms. The van der Waals surface area contributed by atoms with Crippen LogP contribution in [0.3, 0.4) is 0 Å². The average molecular weight is 458 g/mol. The van der Waals surface area contributed by atoms with Gasteiger partial charge in [-0.05, 0) is 49.9 Å². The second kappa shape index (κ2) is 9.25. The highest BCUT2D eigenvalue weighted by Gasteiger charge is 2.34. The van der Waals surface area contributed by atoms with Crippen molar-refractivity contribution in [2.75, 3.05) is 18.4 Å². The third-order valence-electron chi connectivity index (χ3n) is 6.16. The minimum Gasteiger partial charge on any atom is -0.368 e. The summed E-state index contributed by atoms with van der Waals surface area (Å²) in [5, 5.41) is 10.1. The molecule has 0 radical (unpaired) electrons. The average Bonchev–Trinajstić information content (AvgIpc) is 3.32. The summed E-state index contributed by atoms with van der Waals surface area (Å²) < 4.78 is 38.4. The van der Waals surface area contributed by atoms with Crippen LogP contribution >= 0.6 is 0 Å². The van der Waals surface area contributed by atoms with E-state index in [1.54, 1.807) is 6.20 Å². The number of carbonyl (C=O) groups excluding carboxylic acids is 1. The number of aromatic amines is 1. The van der Waals surface area contributed by atoms with E-state index in [1.165, 1.54) is 6.07 Å². The lowest BCUT2D eigenvalue weighted by molar-refractivity contribution is -0.137. The molecular weight excluding hydrogens is 431 g/mol. The van der Waals surface area contributed by atoms with E-state index in [4.69, 9.17) is 0 Å². The number of carbonyl (C=O) groups is 1. The van der Waals surface area contributed by atoms with Crippen LogP contribution < -0.4 is 5.32 Å². The Hall–Kier alpha value is -3.36. The summed E-state index contributed by atoms with van der Waals surface area (Å²) in [6.07, 6.45) is -0.0904. The van der Waals surface area contributed by atoms with Crippen LogP contribution in [0.5, 0.6) is 0 Å². The van der Waals surface area contributed by atoms with E-state index in [2.05, 4.69) is 27.4 Å². The number of hydrogen-bond acceptors (Lipinski definition) is 4. The molecule has 1 fully saturated rings. The number of nitrogens with zero attached hydrogens (tertiary/aromatic N) is 3. The summed E-state index contributed by atoms with van der Waals surface area (Å²) in [7, 11) is 0. The molecule has 0 spiro atoms. The standard InChI is InChI=1S/C24H26F3N5O/c1-15-5-7-18(20-9-10-30-31-20)19(12-15)23(33)32-11-3-4-16(2)21(32)14-29-22-8-6-17(13-28-22)24(25,26)27/h5-10,12-13,16,21H,3-4,11,14H2,1-2H3,(H,28,29)(H,30,31). The lowest BCUT2D eigenvalue weighted by Gasteiger charge is -2.40. The van der Waals surface area contributed by atoms with Gasteiger partial charge in [0.1, 0.15) is 5.82 Å². The summed E-state index contributed by atoms with van der Waals surface area (Å²) in [6, 6.07) is 9.80. The van der Waals surface area contributed by atoms with E-state index >= 15 is 0 Å². The van der Waals surface area contributed by atoms with Crippen molar-refractivity contribution >= 4 is 11.7 Å². The number of benzene rings is 1. The molecule has 3 aromatic rings. The molecule has 1 saturated heterocycles. The third kappa shape index (κ3) is 5.02. The normalized spacial score (nSPS) is 18.9. The number of likely N-dealkylation sites (tertiary alicyclic amines) is 1. The van der Waals surface area contributed by atoms with Gasteiger partial charge in [0.2, 0.25) is 0 Å². The predicted octanol–water partition coefficient (Wildman–Crippen LogP) is 5.15. The monoisotopic (exact) mass is 457 g/mol. The molecule has 2 unspecified atom stereocenters. The third-order valence-corrected chi connectivity index (χ3v) is 6.16. The van der Waals surface area contributed by atoms with Gasteiger partial charge in [0.05, 0.1) is 17.3 Å². The summed E-state index contributed by atoms with van der Waals surface area (Å²) in [5.74, 6) is 0.508. The SMILES string of the molecule is Cc1ccc(-c2ccn[nH]2)c(C(=O)N2CCCC(C)C2CNc2ccc(C(F)(F)F)cn2)c1. The number of rotatable bonds is 5. The molecule has 1 aromatic carbocycles. The first-order valence-electron chi connectivity index (χ1n) is 10.9. The molecule has 9 heteroatoms. The number of aryl methyl sites for hydroxylation is 1. The molecule has 0 saturated carbocycles. The molecule has 6 nitrogen and oxygen atoms in total. The molecule has 2 N–H and O–H groups in total. The number of piperidine rings is 1. The Morgan fingerprint density at radius 2 is 2.06 bits per heavy atom. The molecule has 174 valence electrons. The zero-order valence-corrected chi connectivity index (χ0v) is 18.5. The van der Waals surface area contributed by atoms with Gasteiger partial charge in [0.15, 0.2) is 0 Å². The van der Waals surface area contributed by atoms with E-state index in [-0.39, 0.29) is 17.9 Å². The van der Waals surface area contributed by atoms with Crippen LogP contribution in [0.4, 0.5) is 19.0 Å². The fourth-order valence-corrected chi connectivity index (χ4v) is 4.32. The second-order valence-corrected chi connectivity index (χ2v) is 8.52. The highest BCUT2D eigenvalue weighted by Crippen LogP contribution is 2.31. The number of pyridine rings is 1. The molecular formula is C24H26F3N5O. The molecule has 3 heterocycles. The van der Waals surface area contributed by atoms with E-state index in [9.17, 15) is 18.0 Å². The number of amides is 1. The van der Waals surface area contributed by atoms with E-state index in [0.717, 1.165) is 41.9 Å². The van der Waals surface area contributed by atoms with Gasteiger partial charge in [-0.15, -0.1) is 0 Å². The fraction of sp³-hybridized carbons (Fsp3) is 0.375. The first kappa shape index (κ1) is 22.8. The smallest absolute Gasteiger partial charge is 0.368 e. The van der Waals surface area contributed by atoms with Crippen LogP contribution in [0.25, 0.3) is 11.3 Å². The van der Waals surface area contributed by atoms with Crippen LogP contribution in [-0.2, 0) is 6.18 Å². The van der Waals surface area contributed by atoms with Gasteiger partial charge in [0.25, 0.3) is 5.91 Å². The number of alkyl halides is 3. The zero-order valence-electron chi connectivity index (χ0n) is 18.5. The molecule has 0 aliphatic carbocycles. The number of H-pyrrole nitrogens is 1. The Morgan fingerprint density at radius 1 is 1.24 bits per heavy atom. The Kier molecular flexibility index (Phi) is 6.40. The Bertz CT molecular complexity index is 1100. The van der Waals surface area contributed by atoms with Gasteiger partial charge in [-0.2, -0.15) is 18.3 Å². The zero-order chi connectivity index (χ0) is 23.6. The molecule has 2 atom stereocenters. The summed E-state index contributed by atoms with van der Waals surface area (Å²) in [4.78, 5) is 19.5. The predicted molar refractivity (Wildman–Crippen MR) is 120 cm³/mol. The van der Waals surface area contributed by atoms with Crippen molar-refractivity contribution in [1.29, 1.82) is 0 Å². The Labute approximate surface area is 190 Å². The van der Waals surface area contributed by atoms with E-state index < -0.39 is 11.7 Å². The number of nitrogens with one attached hydrogen (secondary N) is 2. The van der Waals surface area contributed by atoms with Crippen LogP contribution in [0.1, 0.15) is 41.3 Å². The summed E-state index contributed by atoms with van der Waals surface area (Å²) in [5.41, 5.74) is 2.35. The summed E-state index contributed by atoms with van der Waals surface area (Å²) in [6.45, 7) is 5.06. The first-order chi connectivity index (χ1) is 15.7. The minimum absolute atomic E-state index is 0.0676. The van der Waals surface area contributed by atoms with Gasteiger partial charge >= 0.3 is 6.18 Å². The number of aromatic nitrogens is 3. The van der Waals surface area contributed by atoms with E-state index in [0.29, 0.717) is 24.5 Å². The molecule has 33 heavy (non-hydrogen) atoms. The van der Waals surface area contributed by atoms with Crippen molar-refractivity contribution in [3.05, 3.63) is 65.5 Å². The summed E-state index contributed by atoms with van der Waals surface area (Å²) >= 11 is 0. The number of hydrogen-bond donors (Lipinski definition) is 2. The highest BCUT2D eigenvalue weighted by atomic mass is 19.4. The minimum atomic E-state index is -4.42. The van der Waals surface area contributed by atoms with Crippen molar-refractivity contribution in [2.45, 2.75) is 38.9 Å². The molecule has 4 rings (SSSR count). The number of anilines is 1. The van der Waals surface area contributed by atoms with E-state index in [1.807, 2.05) is 36.1 Å². The maximum Gasteiger partial charge on any atom is 0.417 e. The quantitative estimate of drug-likeness (QED) is 0.556. The first-order valence-corrected chi connectivity index (χ1v) is 10.9. The largest absolute Gasteiger partial charge is 0.417 e. The van der Waals surface area contributed by atoms with Crippen molar-refractivity contribution < 1.29 is 18.0 Å². The van der Waals surface area contributed by atoms with Crippen molar-refractivity contribution in [3.63, 3.8) is 0 Å². The second-order valence-electron chi connectivity index (χ2n) is 8.52. The maximum absolute atomic E-state index is 13.7. The van der Waals surface area contributed by atoms with Crippen LogP contribution in [0.15, 0.2) is 48.8 Å². The van der Waals surface area contributed by atoms with Gasteiger partial charge < -0.3 is 10.2 Å². The van der Waals surface area contributed by atoms with Gasteiger partial charge in [0, 0.05) is 36.6 Å². The van der Waals surface area contributed by atoms with Crippen LogP contribution in [0, 0.1) is 12.8 Å². The van der Waals surface area contributed by atoms with Gasteiger partial charge in [-0.1, -0.05) is 24.6 Å². The van der Waals surface area contributed by atoms with Crippen molar-refractivity contribution in [3.8, 4) is 11.3 Å². The van der Waals surface area contributed by atoms with Crippen molar-refractivity contribution in [1.82, 2.24) is 20.1 Å². The topological polar surface area (TPSA) is 73.9 Å². The maximum atomic E-state index is 13.7. The van der Waals surface area contributed by atoms with Gasteiger partial charge in [-0.25, -0.2) is 4.98 Å². The Morgan fingerprint density at radius 3 is 2.73 bits per heavy atom. The lowest BCUT2D eigenvalue weighted by atomic mass is 9.89. The fourth-order valence-electron chi connectivity index (χ4n) is 4.32. The highest BCUT2D eigenvalue weighted by molar-refractivity contribution is 6.01. The van der Waals surface area contributed by atoms with Gasteiger partial charge in [-0.3, -0.25) is 9.89 Å². The van der Waals surface area contributed by atoms with Crippen LogP contribution in [-0.4, -0.2) is 45.1 Å². The molecule has 1 amide bonds. The lowest BCUT2D eigenvalue weighted by Crippen LogP contribution is -2.51. The Balaban J connectivity index is 1.55. The van der Waals surface area contributed by atoms with Crippen LogP contribution in [0.2, 0.25) is 0 Å². The molecule has 2 aromatic heterocycles. The van der Waals surface area contributed by atoms with Crippen molar-refractivity contribution in [2.24, 2.45) is 5.92 Å². The molecule has 1 aliphatic heterocycles.